The minimum absolute atomic E-state index is 0.0814. The summed E-state index contributed by atoms with van der Waals surface area (Å²) in [4.78, 5) is 0. The lowest BCUT2D eigenvalue weighted by Crippen LogP contribution is -2.18. The molecule has 3 rings (SSSR count). The normalized spacial score (nSPS) is 12.4. The van der Waals surface area contributed by atoms with Crippen LogP contribution in [0.4, 0.5) is 8.78 Å². The maximum absolute atomic E-state index is 12.5. The van der Waals surface area contributed by atoms with Crippen molar-refractivity contribution in [1.82, 2.24) is 5.32 Å². The molecule has 27 heavy (non-hydrogen) atoms. The zero-order valence-corrected chi connectivity index (χ0v) is 15.8. The fraction of sp³-hybridized carbons (Fsp3) is 0.238. The molecule has 1 unspecified atom stereocenters. The smallest absolute Gasteiger partial charge is 0.387 e. The molecule has 6 heteroatoms. The Bertz CT molecular complexity index is 928. The van der Waals surface area contributed by atoms with E-state index in [4.69, 9.17) is 16.3 Å². The first-order valence-electron chi connectivity index (χ1n) is 8.52. The summed E-state index contributed by atoms with van der Waals surface area (Å²) in [5.41, 5.74) is 1.99. The summed E-state index contributed by atoms with van der Waals surface area (Å²) in [6.45, 7) is -0.392. The molecular weight excluding hydrogens is 372 g/mol. The molecule has 0 heterocycles. The molecule has 0 aliphatic rings. The summed E-state index contributed by atoms with van der Waals surface area (Å²) in [5, 5.41) is 5.90. The first-order chi connectivity index (χ1) is 13.0. The molecule has 0 aliphatic carbocycles. The molecule has 0 saturated heterocycles. The maximum Gasteiger partial charge on any atom is 0.387 e. The van der Waals surface area contributed by atoms with Crippen molar-refractivity contribution in [1.29, 1.82) is 0 Å². The topological polar surface area (TPSA) is 30.5 Å². The van der Waals surface area contributed by atoms with Gasteiger partial charge in [-0.2, -0.15) is 8.78 Å². The van der Waals surface area contributed by atoms with E-state index in [1.54, 1.807) is 12.1 Å². The summed E-state index contributed by atoms with van der Waals surface area (Å²) in [5.74, 6) is 0.0254. The van der Waals surface area contributed by atoms with Gasteiger partial charge in [-0.25, -0.2) is 0 Å². The number of rotatable bonds is 7. The van der Waals surface area contributed by atoms with Gasteiger partial charge in [-0.15, -0.1) is 0 Å². The summed E-state index contributed by atoms with van der Waals surface area (Å²) >= 11 is 6.10. The third-order valence-corrected chi connectivity index (χ3v) is 4.68. The average Bonchev–Trinajstić information content (AvgIpc) is 2.67. The molecule has 0 aromatic heterocycles. The number of halogens is 3. The maximum atomic E-state index is 12.5. The molecule has 0 saturated carbocycles. The quantitative estimate of drug-likeness (QED) is 0.539. The van der Waals surface area contributed by atoms with Crippen LogP contribution in [0.2, 0.25) is 5.02 Å². The Morgan fingerprint density at radius 1 is 1.07 bits per heavy atom. The third kappa shape index (κ3) is 4.49. The van der Waals surface area contributed by atoms with Gasteiger partial charge in [0.2, 0.25) is 0 Å². The zero-order chi connectivity index (χ0) is 19.4. The fourth-order valence-corrected chi connectivity index (χ4v) is 3.37. The predicted octanol–water partition coefficient (Wildman–Crippen LogP) is 5.95. The van der Waals surface area contributed by atoms with Crippen molar-refractivity contribution >= 4 is 22.4 Å². The number of hydrogen-bond donors (Lipinski definition) is 1. The Hall–Kier alpha value is -2.37. The first kappa shape index (κ1) is 19.4. The number of nitrogens with one attached hydrogen (secondary N) is 1. The fourth-order valence-electron chi connectivity index (χ4n) is 3.09. The molecule has 0 amide bonds. The molecular formula is C21H20ClF2NO2. The number of methoxy groups -OCH3 is 1. The van der Waals surface area contributed by atoms with E-state index < -0.39 is 6.61 Å². The Labute approximate surface area is 161 Å². The van der Waals surface area contributed by atoms with Gasteiger partial charge in [0.25, 0.3) is 0 Å². The highest BCUT2D eigenvalue weighted by Gasteiger charge is 2.17. The van der Waals surface area contributed by atoms with E-state index >= 15 is 0 Å². The van der Waals surface area contributed by atoms with Gasteiger partial charge in [-0.05, 0) is 41.0 Å². The summed E-state index contributed by atoms with van der Waals surface area (Å²) in [6.07, 6.45) is 0. The molecule has 0 bridgehead atoms. The standard InChI is InChI=1S/C21H20ClF2NO2/c1-13(16-9-5-7-15-6-3-4-8-17(15)16)25-12-14-10-18(22)20(27-21(23)24)19(11-14)26-2/h3-11,13,21,25H,12H2,1-2H3. The van der Waals surface area contributed by atoms with Crippen molar-refractivity contribution in [3.8, 4) is 11.5 Å². The average molecular weight is 392 g/mol. The highest BCUT2D eigenvalue weighted by molar-refractivity contribution is 6.32. The van der Waals surface area contributed by atoms with Crippen molar-refractivity contribution in [3.05, 3.63) is 70.7 Å². The van der Waals surface area contributed by atoms with Crippen molar-refractivity contribution < 1.29 is 18.3 Å². The highest BCUT2D eigenvalue weighted by Crippen LogP contribution is 2.37. The third-order valence-electron chi connectivity index (χ3n) is 4.40. The van der Waals surface area contributed by atoms with Gasteiger partial charge in [0, 0.05) is 12.6 Å². The van der Waals surface area contributed by atoms with Crippen LogP contribution in [0.5, 0.6) is 11.5 Å². The summed E-state index contributed by atoms with van der Waals surface area (Å²) in [6, 6.07) is 17.7. The van der Waals surface area contributed by atoms with Gasteiger partial charge in [0.1, 0.15) is 0 Å². The number of ether oxygens (including phenoxy) is 2. The van der Waals surface area contributed by atoms with E-state index in [2.05, 4.69) is 41.2 Å². The Balaban J connectivity index is 1.79. The zero-order valence-electron chi connectivity index (χ0n) is 15.0. The van der Waals surface area contributed by atoms with Crippen LogP contribution in [0.25, 0.3) is 10.8 Å². The van der Waals surface area contributed by atoms with Crippen molar-refractivity contribution in [2.24, 2.45) is 0 Å². The lowest BCUT2D eigenvalue weighted by molar-refractivity contribution is -0.0511. The number of fused-ring (bicyclic) bond motifs is 1. The lowest BCUT2D eigenvalue weighted by Gasteiger charge is -2.18. The van der Waals surface area contributed by atoms with Crippen LogP contribution in [0.1, 0.15) is 24.1 Å². The Morgan fingerprint density at radius 2 is 1.81 bits per heavy atom. The van der Waals surface area contributed by atoms with Gasteiger partial charge in [-0.3, -0.25) is 0 Å². The van der Waals surface area contributed by atoms with E-state index in [-0.39, 0.29) is 22.6 Å². The lowest BCUT2D eigenvalue weighted by atomic mass is 9.99. The van der Waals surface area contributed by atoms with Gasteiger partial charge >= 0.3 is 6.61 Å². The minimum atomic E-state index is -2.97. The summed E-state index contributed by atoms with van der Waals surface area (Å²) < 4.78 is 34.7. The number of alkyl halides is 2. The highest BCUT2D eigenvalue weighted by atomic mass is 35.5. The number of hydrogen-bond acceptors (Lipinski definition) is 3. The van der Waals surface area contributed by atoms with E-state index in [9.17, 15) is 8.78 Å². The van der Waals surface area contributed by atoms with Crippen LogP contribution in [0, 0.1) is 0 Å². The molecule has 142 valence electrons. The van der Waals surface area contributed by atoms with Gasteiger partial charge in [0.15, 0.2) is 11.5 Å². The van der Waals surface area contributed by atoms with Crippen molar-refractivity contribution in [2.75, 3.05) is 7.11 Å². The van der Waals surface area contributed by atoms with Crippen LogP contribution in [0.3, 0.4) is 0 Å². The van der Waals surface area contributed by atoms with Crippen molar-refractivity contribution in [3.63, 3.8) is 0 Å². The largest absolute Gasteiger partial charge is 0.493 e. The van der Waals surface area contributed by atoms with E-state index in [0.29, 0.717) is 6.54 Å². The SMILES string of the molecule is COc1cc(CNC(C)c2cccc3ccccc23)cc(Cl)c1OC(F)F. The second kappa shape index (κ2) is 8.55. The molecule has 0 spiro atoms. The molecule has 1 atom stereocenters. The number of benzene rings is 3. The van der Waals surface area contributed by atoms with Gasteiger partial charge in [0.05, 0.1) is 12.1 Å². The van der Waals surface area contributed by atoms with Crippen LogP contribution in [0.15, 0.2) is 54.6 Å². The van der Waals surface area contributed by atoms with Crippen molar-refractivity contribution in [2.45, 2.75) is 26.1 Å². The first-order valence-corrected chi connectivity index (χ1v) is 8.89. The molecule has 1 N–H and O–H groups in total. The molecule has 0 fully saturated rings. The van der Waals surface area contributed by atoms with E-state index in [1.807, 2.05) is 18.2 Å². The Morgan fingerprint density at radius 3 is 2.56 bits per heavy atom. The van der Waals surface area contributed by atoms with Crippen LogP contribution < -0.4 is 14.8 Å². The van der Waals surface area contributed by atoms with Crippen LogP contribution >= 0.6 is 11.6 Å². The van der Waals surface area contributed by atoms with Gasteiger partial charge in [-0.1, -0.05) is 54.1 Å². The molecule has 3 aromatic rings. The molecule has 0 aliphatic heterocycles. The second-order valence-electron chi connectivity index (χ2n) is 6.16. The second-order valence-corrected chi connectivity index (χ2v) is 6.57. The minimum Gasteiger partial charge on any atom is -0.493 e. The summed E-state index contributed by atoms with van der Waals surface area (Å²) in [7, 11) is 1.39. The monoisotopic (exact) mass is 391 g/mol. The van der Waals surface area contributed by atoms with Gasteiger partial charge < -0.3 is 14.8 Å². The molecule has 3 aromatic carbocycles. The molecule has 3 nitrogen and oxygen atoms in total. The van der Waals surface area contributed by atoms with Crippen LogP contribution in [-0.4, -0.2) is 13.7 Å². The van der Waals surface area contributed by atoms with Crippen LogP contribution in [-0.2, 0) is 6.54 Å². The van der Waals surface area contributed by atoms with E-state index in [1.165, 1.54) is 23.4 Å². The molecule has 0 radical (unpaired) electrons. The Kier molecular flexibility index (Phi) is 6.14. The predicted molar refractivity (Wildman–Crippen MR) is 104 cm³/mol. The van der Waals surface area contributed by atoms with E-state index in [0.717, 1.165) is 5.56 Å².